The minimum atomic E-state index is -1.06. The molecule has 1 saturated carbocycles. The fourth-order valence-corrected chi connectivity index (χ4v) is 3.59. The minimum Gasteiger partial charge on any atom is -0.476 e. The summed E-state index contributed by atoms with van der Waals surface area (Å²) in [5.41, 5.74) is 2.31. The fraction of sp³-hybridized carbons (Fsp3) is 0.471. The molecule has 1 aliphatic rings. The summed E-state index contributed by atoms with van der Waals surface area (Å²) in [4.78, 5) is 11.1. The summed E-state index contributed by atoms with van der Waals surface area (Å²) in [6.07, 6.45) is 9.80. The predicted molar refractivity (Wildman–Crippen MR) is 92.6 cm³/mol. The molecule has 26 heavy (non-hydrogen) atoms. The van der Waals surface area contributed by atoms with E-state index >= 15 is 0 Å². The number of aromatic nitrogens is 7. The highest BCUT2D eigenvalue weighted by Crippen LogP contribution is 2.28. The van der Waals surface area contributed by atoms with E-state index in [1.807, 2.05) is 12.3 Å². The Kier molecular flexibility index (Phi) is 4.27. The molecule has 0 unspecified atom stereocenters. The molecule has 0 aliphatic heterocycles. The average Bonchev–Trinajstić information content (AvgIpc) is 3.36. The third kappa shape index (κ3) is 3.12. The van der Waals surface area contributed by atoms with E-state index < -0.39 is 5.97 Å². The number of hydrogen-bond acceptors (Lipinski definition) is 5. The number of hydrogen-bond donors (Lipinski definition) is 1. The zero-order valence-corrected chi connectivity index (χ0v) is 14.6. The van der Waals surface area contributed by atoms with Crippen molar-refractivity contribution in [3.63, 3.8) is 0 Å². The molecule has 3 heterocycles. The van der Waals surface area contributed by atoms with Gasteiger partial charge in [-0.15, -0.1) is 5.10 Å². The van der Waals surface area contributed by atoms with Gasteiger partial charge in [0.15, 0.2) is 5.69 Å². The van der Waals surface area contributed by atoms with Gasteiger partial charge in [0, 0.05) is 19.3 Å². The topological polar surface area (TPSA) is 104 Å². The molecule has 1 fully saturated rings. The highest BCUT2D eigenvalue weighted by atomic mass is 16.4. The third-order valence-corrected chi connectivity index (χ3v) is 4.90. The van der Waals surface area contributed by atoms with Crippen molar-refractivity contribution in [2.45, 2.75) is 44.7 Å². The van der Waals surface area contributed by atoms with Crippen LogP contribution in [-0.2, 0) is 13.6 Å². The zero-order chi connectivity index (χ0) is 18.1. The lowest BCUT2D eigenvalue weighted by Crippen LogP contribution is -2.18. The monoisotopic (exact) mass is 355 g/mol. The molecule has 4 rings (SSSR count). The SMILES string of the molecule is Cn1nc(C(=O)O)cc1-c1cn(Cc2ccnn2C2CCCCC2)nn1. The molecule has 1 aliphatic carbocycles. The number of carboxylic acids is 1. The first-order valence-electron chi connectivity index (χ1n) is 8.82. The Hall–Kier alpha value is -2.97. The average molecular weight is 355 g/mol. The van der Waals surface area contributed by atoms with Crippen LogP contribution in [0.3, 0.4) is 0 Å². The lowest BCUT2D eigenvalue weighted by atomic mass is 9.95. The maximum Gasteiger partial charge on any atom is 0.356 e. The molecule has 0 amide bonds. The van der Waals surface area contributed by atoms with Crippen molar-refractivity contribution < 1.29 is 9.90 Å². The van der Waals surface area contributed by atoms with Crippen LogP contribution in [0.15, 0.2) is 24.5 Å². The fourth-order valence-electron chi connectivity index (χ4n) is 3.59. The first-order chi connectivity index (χ1) is 12.6. The molecule has 3 aromatic rings. The van der Waals surface area contributed by atoms with E-state index in [2.05, 4.69) is 25.2 Å². The van der Waals surface area contributed by atoms with E-state index in [0.717, 1.165) is 5.69 Å². The Morgan fingerprint density at radius 3 is 2.85 bits per heavy atom. The van der Waals surface area contributed by atoms with Crippen LogP contribution in [0.25, 0.3) is 11.4 Å². The number of nitrogens with zero attached hydrogens (tertiary/aromatic N) is 7. The molecule has 0 atom stereocenters. The highest BCUT2D eigenvalue weighted by Gasteiger charge is 2.19. The molecule has 0 spiro atoms. The molecule has 3 aromatic heterocycles. The summed E-state index contributed by atoms with van der Waals surface area (Å²) >= 11 is 0. The largest absolute Gasteiger partial charge is 0.476 e. The number of aromatic carboxylic acids is 1. The quantitative estimate of drug-likeness (QED) is 0.752. The van der Waals surface area contributed by atoms with Crippen molar-refractivity contribution >= 4 is 5.97 Å². The van der Waals surface area contributed by atoms with Crippen LogP contribution in [0.4, 0.5) is 0 Å². The molecule has 0 aromatic carbocycles. The Bertz CT molecular complexity index is 917. The van der Waals surface area contributed by atoms with Gasteiger partial charge in [-0.2, -0.15) is 10.2 Å². The standard InChI is InChI=1S/C17H21N7O2/c1-22-16(9-14(20-22)17(25)26)15-11-23(21-19-15)10-13-7-8-18-24(13)12-5-3-2-4-6-12/h7-9,11-12H,2-6,10H2,1H3,(H,25,26). The molecular weight excluding hydrogens is 334 g/mol. The molecule has 9 nitrogen and oxygen atoms in total. The van der Waals surface area contributed by atoms with Crippen LogP contribution in [0, 0.1) is 0 Å². The summed E-state index contributed by atoms with van der Waals surface area (Å²) in [7, 11) is 1.69. The number of carbonyl (C=O) groups is 1. The number of aryl methyl sites for hydroxylation is 1. The van der Waals surface area contributed by atoms with Crippen LogP contribution in [0.1, 0.15) is 54.3 Å². The minimum absolute atomic E-state index is 0.00701. The lowest BCUT2D eigenvalue weighted by Gasteiger charge is -2.23. The second kappa shape index (κ2) is 6.74. The van der Waals surface area contributed by atoms with Gasteiger partial charge in [0.05, 0.1) is 30.2 Å². The lowest BCUT2D eigenvalue weighted by molar-refractivity contribution is 0.0689. The van der Waals surface area contributed by atoms with Gasteiger partial charge in [-0.1, -0.05) is 24.5 Å². The summed E-state index contributed by atoms with van der Waals surface area (Å²) in [5.74, 6) is -1.06. The van der Waals surface area contributed by atoms with Gasteiger partial charge in [0.2, 0.25) is 0 Å². The zero-order valence-electron chi connectivity index (χ0n) is 14.6. The normalized spacial score (nSPS) is 15.4. The Morgan fingerprint density at radius 1 is 1.31 bits per heavy atom. The van der Waals surface area contributed by atoms with E-state index in [-0.39, 0.29) is 5.69 Å². The van der Waals surface area contributed by atoms with Gasteiger partial charge >= 0.3 is 5.97 Å². The van der Waals surface area contributed by atoms with E-state index in [1.165, 1.54) is 42.9 Å². The summed E-state index contributed by atoms with van der Waals surface area (Å²) in [6, 6.07) is 3.98. The van der Waals surface area contributed by atoms with Crippen molar-refractivity contribution in [3.8, 4) is 11.4 Å². The van der Waals surface area contributed by atoms with Gasteiger partial charge in [0.25, 0.3) is 0 Å². The number of carboxylic acid groups (broad SMARTS) is 1. The molecule has 0 radical (unpaired) electrons. The van der Waals surface area contributed by atoms with Crippen LogP contribution < -0.4 is 0 Å². The Morgan fingerprint density at radius 2 is 2.12 bits per heavy atom. The summed E-state index contributed by atoms with van der Waals surface area (Å²) < 4.78 is 5.37. The van der Waals surface area contributed by atoms with E-state index in [9.17, 15) is 4.79 Å². The number of rotatable bonds is 5. The predicted octanol–water partition coefficient (Wildman–Crippen LogP) is 2.13. The summed E-state index contributed by atoms with van der Waals surface area (Å²) in [6.45, 7) is 0.577. The second-order valence-corrected chi connectivity index (χ2v) is 6.70. The van der Waals surface area contributed by atoms with E-state index in [0.29, 0.717) is 24.0 Å². The maximum absolute atomic E-state index is 11.1. The van der Waals surface area contributed by atoms with Crippen molar-refractivity contribution in [2.24, 2.45) is 7.05 Å². The van der Waals surface area contributed by atoms with Crippen molar-refractivity contribution in [1.82, 2.24) is 34.6 Å². The molecule has 1 N–H and O–H groups in total. The van der Waals surface area contributed by atoms with Gasteiger partial charge in [-0.05, 0) is 18.9 Å². The molecule has 0 saturated heterocycles. The van der Waals surface area contributed by atoms with Crippen LogP contribution in [0.2, 0.25) is 0 Å². The van der Waals surface area contributed by atoms with Crippen LogP contribution >= 0.6 is 0 Å². The van der Waals surface area contributed by atoms with Gasteiger partial charge in [-0.25, -0.2) is 9.48 Å². The maximum atomic E-state index is 11.1. The second-order valence-electron chi connectivity index (χ2n) is 6.70. The van der Waals surface area contributed by atoms with Gasteiger partial charge < -0.3 is 5.11 Å². The van der Waals surface area contributed by atoms with Gasteiger partial charge in [-0.3, -0.25) is 9.36 Å². The first kappa shape index (κ1) is 16.5. The van der Waals surface area contributed by atoms with Crippen LogP contribution in [-0.4, -0.2) is 45.6 Å². The van der Waals surface area contributed by atoms with Crippen molar-refractivity contribution in [2.75, 3.05) is 0 Å². The van der Waals surface area contributed by atoms with Crippen molar-refractivity contribution in [1.29, 1.82) is 0 Å². The first-order valence-corrected chi connectivity index (χ1v) is 8.82. The molecule has 9 heteroatoms. The van der Waals surface area contributed by atoms with E-state index in [1.54, 1.807) is 17.9 Å². The van der Waals surface area contributed by atoms with Gasteiger partial charge in [0.1, 0.15) is 5.69 Å². The molecule has 136 valence electrons. The van der Waals surface area contributed by atoms with Crippen molar-refractivity contribution in [3.05, 3.63) is 35.9 Å². The Balaban J connectivity index is 1.55. The molecule has 0 bridgehead atoms. The highest BCUT2D eigenvalue weighted by molar-refractivity contribution is 5.86. The Labute approximate surface area is 150 Å². The van der Waals surface area contributed by atoms with E-state index in [4.69, 9.17) is 5.11 Å². The summed E-state index contributed by atoms with van der Waals surface area (Å²) in [5, 5.41) is 25.9. The molecular formula is C17H21N7O2. The third-order valence-electron chi connectivity index (χ3n) is 4.90. The van der Waals surface area contributed by atoms with Crippen LogP contribution in [0.5, 0.6) is 0 Å². The smallest absolute Gasteiger partial charge is 0.356 e.